The highest BCUT2D eigenvalue weighted by Crippen LogP contribution is 2.40. The molecule has 0 aliphatic heterocycles. The summed E-state index contributed by atoms with van der Waals surface area (Å²) in [6.45, 7) is 6.89. The average Bonchev–Trinajstić information content (AvgIpc) is 2.19. The van der Waals surface area contributed by atoms with Crippen molar-refractivity contribution >= 4 is 15.9 Å². The molecule has 1 aromatic carbocycles. The van der Waals surface area contributed by atoms with Gasteiger partial charge in [0.05, 0.1) is 0 Å². The first-order valence-corrected chi connectivity index (χ1v) is 6.71. The van der Waals surface area contributed by atoms with Crippen molar-refractivity contribution in [3.8, 4) is 0 Å². The molecule has 1 aliphatic carbocycles. The summed E-state index contributed by atoms with van der Waals surface area (Å²) in [4.78, 5) is 0. The molecule has 0 bridgehead atoms. The Bertz CT molecular complexity index is 368. The zero-order chi connectivity index (χ0) is 11.0. The van der Waals surface area contributed by atoms with Gasteiger partial charge in [0.2, 0.25) is 0 Å². The Balaban J connectivity index is 2.46. The van der Waals surface area contributed by atoms with Crippen molar-refractivity contribution in [1.82, 2.24) is 0 Å². The van der Waals surface area contributed by atoms with Crippen molar-refractivity contribution < 1.29 is 0 Å². The summed E-state index contributed by atoms with van der Waals surface area (Å²) in [5, 5.41) is 0. The van der Waals surface area contributed by atoms with Crippen LogP contribution < -0.4 is 0 Å². The first-order valence-electron chi connectivity index (χ1n) is 5.92. The van der Waals surface area contributed by atoms with Crippen LogP contribution in [-0.2, 0) is 6.42 Å². The van der Waals surface area contributed by atoms with Crippen LogP contribution in [0.1, 0.15) is 49.3 Å². The van der Waals surface area contributed by atoms with E-state index in [1.54, 1.807) is 11.1 Å². The molecule has 2 unspecified atom stereocenters. The Kier molecular flexibility index (Phi) is 3.20. The van der Waals surface area contributed by atoms with Gasteiger partial charge in [-0.3, -0.25) is 0 Å². The van der Waals surface area contributed by atoms with Crippen LogP contribution in [0.2, 0.25) is 0 Å². The fraction of sp³-hybridized carbons (Fsp3) is 0.571. The summed E-state index contributed by atoms with van der Waals surface area (Å²) in [7, 11) is 0. The topological polar surface area (TPSA) is 0 Å². The van der Waals surface area contributed by atoms with Crippen LogP contribution in [-0.4, -0.2) is 0 Å². The van der Waals surface area contributed by atoms with E-state index in [9.17, 15) is 0 Å². The molecule has 0 radical (unpaired) electrons. The van der Waals surface area contributed by atoms with E-state index in [-0.39, 0.29) is 0 Å². The lowest BCUT2D eigenvalue weighted by Crippen LogP contribution is -2.18. The molecule has 15 heavy (non-hydrogen) atoms. The highest BCUT2D eigenvalue weighted by atomic mass is 79.9. The molecule has 0 spiro atoms. The third kappa shape index (κ3) is 1.99. The highest BCUT2D eigenvalue weighted by Gasteiger charge is 2.26. The molecular weight excluding hydrogens is 248 g/mol. The standard InChI is InChI=1S/C14H19Br/c1-4-11-5-6-12-13(10(11)3)7-9(2)8-14(12)15/h7-8,10-11H,4-6H2,1-3H3. The fourth-order valence-corrected chi connectivity index (χ4v) is 3.65. The van der Waals surface area contributed by atoms with E-state index in [0.29, 0.717) is 0 Å². The number of hydrogen-bond acceptors (Lipinski definition) is 0. The Morgan fingerprint density at radius 2 is 2.13 bits per heavy atom. The van der Waals surface area contributed by atoms with E-state index < -0.39 is 0 Å². The van der Waals surface area contributed by atoms with Crippen molar-refractivity contribution in [2.45, 2.75) is 46.0 Å². The van der Waals surface area contributed by atoms with Crippen molar-refractivity contribution in [2.75, 3.05) is 0 Å². The molecule has 0 aromatic heterocycles. The van der Waals surface area contributed by atoms with Gasteiger partial charge >= 0.3 is 0 Å². The number of halogens is 1. The van der Waals surface area contributed by atoms with Gasteiger partial charge in [-0.1, -0.05) is 42.3 Å². The van der Waals surface area contributed by atoms with Crippen LogP contribution in [0.15, 0.2) is 16.6 Å². The number of rotatable bonds is 1. The largest absolute Gasteiger partial charge is 0.0651 e. The van der Waals surface area contributed by atoms with Gasteiger partial charge in [-0.05, 0) is 54.4 Å². The second-order valence-electron chi connectivity index (χ2n) is 4.81. The van der Waals surface area contributed by atoms with Gasteiger partial charge in [-0.15, -0.1) is 0 Å². The van der Waals surface area contributed by atoms with Crippen LogP contribution in [0.3, 0.4) is 0 Å². The van der Waals surface area contributed by atoms with E-state index >= 15 is 0 Å². The lowest BCUT2D eigenvalue weighted by Gasteiger charge is -2.31. The molecular formula is C14H19Br. The van der Waals surface area contributed by atoms with E-state index in [4.69, 9.17) is 0 Å². The lowest BCUT2D eigenvalue weighted by atomic mass is 9.74. The summed E-state index contributed by atoms with van der Waals surface area (Å²) in [6.07, 6.45) is 3.91. The van der Waals surface area contributed by atoms with Gasteiger partial charge in [0.15, 0.2) is 0 Å². The predicted molar refractivity (Wildman–Crippen MR) is 69.4 cm³/mol. The molecule has 0 heterocycles. The third-order valence-electron chi connectivity index (χ3n) is 3.86. The summed E-state index contributed by atoms with van der Waals surface area (Å²) < 4.78 is 1.32. The summed E-state index contributed by atoms with van der Waals surface area (Å²) in [5.41, 5.74) is 4.52. The van der Waals surface area contributed by atoms with Crippen molar-refractivity contribution in [3.63, 3.8) is 0 Å². The summed E-state index contributed by atoms with van der Waals surface area (Å²) in [6, 6.07) is 4.63. The first-order chi connectivity index (χ1) is 7.13. The maximum absolute atomic E-state index is 3.70. The van der Waals surface area contributed by atoms with Gasteiger partial charge < -0.3 is 0 Å². The Morgan fingerprint density at radius 3 is 2.80 bits per heavy atom. The maximum atomic E-state index is 3.70. The minimum atomic E-state index is 0.731. The van der Waals surface area contributed by atoms with Crippen molar-refractivity contribution in [3.05, 3.63) is 33.3 Å². The molecule has 0 N–H and O–H groups in total. The molecule has 82 valence electrons. The Hall–Kier alpha value is -0.300. The van der Waals surface area contributed by atoms with Gasteiger partial charge in [0, 0.05) is 4.47 Å². The molecule has 1 aromatic rings. The predicted octanol–water partition coefficient (Wildman–Crippen LogP) is 4.83. The number of hydrogen-bond donors (Lipinski definition) is 0. The molecule has 0 amide bonds. The Labute approximate surface area is 101 Å². The van der Waals surface area contributed by atoms with Gasteiger partial charge in [0.1, 0.15) is 0 Å². The van der Waals surface area contributed by atoms with E-state index in [0.717, 1.165) is 11.8 Å². The van der Waals surface area contributed by atoms with Crippen LogP contribution >= 0.6 is 15.9 Å². The van der Waals surface area contributed by atoms with Crippen LogP contribution in [0.5, 0.6) is 0 Å². The number of aryl methyl sites for hydroxylation is 1. The zero-order valence-corrected chi connectivity index (χ0v) is 11.4. The van der Waals surface area contributed by atoms with Crippen LogP contribution in [0.25, 0.3) is 0 Å². The van der Waals surface area contributed by atoms with Gasteiger partial charge in [-0.25, -0.2) is 0 Å². The molecule has 1 aliphatic rings. The fourth-order valence-electron chi connectivity index (χ4n) is 2.86. The highest BCUT2D eigenvalue weighted by molar-refractivity contribution is 9.10. The monoisotopic (exact) mass is 266 g/mol. The molecule has 2 rings (SSSR count). The molecule has 1 heteroatoms. The summed E-state index contributed by atoms with van der Waals surface area (Å²) in [5.74, 6) is 1.61. The first kappa shape index (κ1) is 11.2. The molecule has 0 nitrogen and oxygen atoms in total. The van der Waals surface area contributed by atoms with E-state index in [1.165, 1.54) is 29.3 Å². The molecule has 0 saturated heterocycles. The van der Waals surface area contributed by atoms with Gasteiger partial charge in [-0.2, -0.15) is 0 Å². The van der Waals surface area contributed by atoms with Crippen molar-refractivity contribution in [1.29, 1.82) is 0 Å². The Morgan fingerprint density at radius 1 is 1.40 bits per heavy atom. The molecule has 0 fully saturated rings. The van der Waals surface area contributed by atoms with Crippen LogP contribution in [0, 0.1) is 12.8 Å². The number of benzene rings is 1. The minimum absolute atomic E-state index is 0.731. The second-order valence-corrected chi connectivity index (χ2v) is 5.66. The molecule has 0 saturated carbocycles. The minimum Gasteiger partial charge on any atom is -0.0651 e. The average molecular weight is 267 g/mol. The zero-order valence-electron chi connectivity index (χ0n) is 9.81. The third-order valence-corrected chi connectivity index (χ3v) is 4.57. The quantitative estimate of drug-likeness (QED) is 0.683. The van der Waals surface area contributed by atoms with E-state index in [1.807, 2.05) is 0 Å². The smallest absolute Gasteiger partial charge is 0.0212 e. The number of fused-ring (bicyclic) bond motifs is 1. The molecule has 2 atom stereocenters. The van der Waals surface area contributed by atoms with Crippen LogP contribution in [0.4, 0.5) is 0 Å². The van der Waals surface area contributed by atoms with E-state index in [2.05, 4.69) is 48.8 Å². The second kappa shape index (κ2) is 4.29. The van der Waals surface area contributed by atoms with Crippen molar-refractivity contribution in [2.24, 2.45) is 5.92 Å². The lowest BCUT2D eigenvalue weighted by molar-refractivity contribution is 0.379. The normalized spacial score (nSPS) is 25.1. The maximum Gasteiger partial charge on any atom is 0.0212 e. The SMILES string of the molecule is CCC1CCc2c(Br)cc(C)cc2C1C. The van der Waals surface area contributed by atoms with Gasteiger partial charge in [0.25, 0.3) is 0 Å². The summed E-state index contributed by atoms with van der Waals surface area (Å²) >= 11 is 3.70.